The van der Waals surface area contributed by atoms with Gasteiger partial charge in [0, 0.05) is 19.6 Å². The van der Waals surface area contributed by atoms with E-state index in [1.807, 2.05) is 6.07 Å². The second-order valence-corrected chi connectivity index (χ2v) is 4.21. The predicted molar refractivity (Wildman–Crippen MR) is 68.6 cm³/mol. The van der Waals surface area contributed by atoms with Crippen LogP contribution in [0.4, 0.5) is 5.82 Å². The Hall–Kier alpha value is -0.580. The SMILES string of the molecule is CN(c1ccc(Cl)nn1)C1CCCNC1.Cl. The number of likely N-dealkylation sites (N-methyl/N-ethyl adjacent to an activating group) is 1. The van der Waals surface area contributed by atoms with Gasteiger partial charge in [0.2, 0.25) is 0 Å². The zero-order valence-corrected chi connectivity index (χ0v) is 10.8. The smallest absolute Gasteiger partial charge is 0.151 e. The number of rotatable bonds is 2. The largest absolute Gasteiger partial charge is 0.354 e. The average molecular weight is 263 g/mol. The second-order valence-electron chi connectivity index (χ2n) is 3.83. The zero-order chi connectivity index (χ0) is 10.7. The summed E-state index contributed by atoms with van der Waals surface area (Å²) >= 11 is 5.70. The predicted octanol–water partition coefficient (Wildman–Crippen LogP) is 1.74. The Morgan fingerprint density at radius 1 is 1.44 bits per heavy atom. The van der Waals surface area contributed by atoms with Gasteiger partial charge >= 0.3 is 0 Å². The monoisotopic (exact) mass is 262 g/mol. The molecule has 2 heterocycles. The van der Waals surface area contributed by atoms with Gasteiger partial charge in [0.25, 0.3) is 0 Å². The van der Waals surface area contributed by atoms with Crippen molar-refractivity contribution in [2.24, 2.45) is 0 Å². The Morgan fingerprint density at radius 3 is 2.81 bits per heavy atom. The highest BCUT2D eigenvalue weighted by Crippen LogP contribution is 2.16. The lowest BCUT2D eigenvalue weighted by atomic mass is 10.1. The van der Waals surface area contributed by atoms with E-state index in [0.29, 0.717) is 11.2 Å². The van der Waals surface area contributed by atoms with Gasteiger partial charge in [-0.25, -0.2) is 0 Å². The maximum absolute atomic E-state index is 5.70. The number of halogens is 2. The van der Waals surface area contributed by atoms with Crippen LogP contribution in [0.2, 0.25) is 5.15 Å². The van der Waals surface area contributed by atoms with Crippen LogP contribution >= 0.6 is 24.0 Å². The minimum absolute atomic E-state index is 0. The average Bonchev–Trinajstić information content (AvgIpc) is 2.30. The first-order valence-corrected chi connectivity index (χ1v) is 5.58. The number of hydrogen-bond acceptors (Lipinski definition) is 4. The summed E-state index contributed by atoms with van der Waals surface area (Å²) in [5, 5.41) is 11.7. The maximum atomic E-state index is 5.70. The molecule has 0 spiro atoms. The lowest BCUT2D eigenvalue weighted by Crippen LogP contribution is -2.44. The van der Waals surface area contributed by atoms with Crippen molar-refractivity contribution in [3.05, 3.63) is 17.3 Å². The second kappa shape index (κ2) is 6.23. The van der Waals surface area contributed by atoms with Crippen LogP contribution in [0, 0.1) is 0 Å². The van der Waals surface area contributed by atoms with Crippen LogP contribution in [0.5, 0.6) is 0 Å². The number of piperidine rings is 1. The lowest BCUT2D eigenvalue weighted by molar-refractivity contribution is 0.442. The highest BCUT2D eigenvalue weighted by atomic mass is 35.5. The van der Waals surface area contributed by atoms with Crippen LogP contribution in [0.3, 0.4) is 0 Å². The molecule has 4 nitrogen and oxygen atoms in total. The summed E-state index contributed by atoms with van der Waals surface area (Å²) in [7, 11) is 2.05. The first-order chi connectivity index (χ1) is 7.27. The van der Waals surface area contributed by atoms with E-state index < -0.39 is 0 Å². The van der Waals surface area contributed by atoms with Gasteiger partial charge in [-0.05, 0) is 31.5 Å². The summed E-state index contributed by atoms with van der Waals surface area (Å²) in [6.07, 6.45) is 2.42. The molecule has 0 aliphatic carbocycles. The van der Waals surface area contributed by atoms with Crippen molar-refractivity contribution in [2.75, 3.05) is 25.0 Å². The Morgan fingerprint density at radius 2 is 2.25 bits per heavy atom. The standard InChI is InChI=1S/C10H15ClN4.ClH/c1-15(8-3-2-6-12-7-8)10-5-4-9(11)13-14-10;/h4-5,8,12H,2-3,6-7H2,1H3;1H. The Bertz CT molecular complexity index is 311. The molecule has 2 rings (SSSR count). The highest BCUT2D eigenvalue weighted by Gasteiger charge is 2.18. The number of anilines is 1. The summed E-state index contributed by atoms with van der Waals surface area (Å²) in [5.74, 6) is 0.883. The summed E-state index contributed by atoms with van der Waals surface area (Å²) in [6, 6.07) is 4.19. The highest BCUT2D eigenvalue weighted by molar-refractivity contribution is 6.29. The Labute approximate surface area is 107 Å². The molecule has 0 aromatic carbocycles. The Balaban J connectivity index is 0.00000128. The third-order valence-electron chi connectivity index (χ3n) is 2.80. The zero-order valence-electron chi connectivity index (χ0n) is 9.19. The molecule has 0 bridgehead atoms. The molecule has 1 aromatic heterocycles. The van der Waals surface area contributed by atoms with Crippen LogP contribution in [-0.4, -0.2) is 36.4 Å². The van der Waals surface area contributed by atoms with Gasteiger partial charge in [0.15, 0.2) is 11.0 Å². The van der Waals surface area contributed by atoms with Gasteiger partial charge in [0.05, 0.1) is 0 Å². The topological polar surface area (TPSA) is 41.1 Å². The van der Waals surface area contributed by atoms with Crippen molar-refractivity contribution < 1.29 is 0 Å². The van der Waals surface area contributed by atoms with Gasteiger partial charge in [-0.2, -0.15) is 0 Å². The summed E-state index contributed by atoms with van der Waals surface area (Å²) in [4.78, 5) is 2.16. The van der Waals surface area contributed by atoms with Crippen molar-refractivity contribution >= 4 is 29.8 Å². The molecule has 0 amide bonds. The molecule has 0 saturated carbocycles. The number of nitrogens with one attached hydrogen (secondary N) is 1. The molecule has 16 heavy (non-hydrogen) atoms. The quantitative estimate of drug-likeness (QED) is 0.882. The molecular weight excluding hydrogens is 247 g/mol. The van der Waals surface area contributed by atoms with E-state index in [-0.39, 0.29) is 12.4 Å². The third kappa shape index (κ3) is 3.20. The third-order valence-corrected chi connectivity index (χ3v) is 3.00. The van der Waals surface area contributed by atoms with Gasteiger partial charge in [-0.3, -0.25) is 0 Å². The molecule has 1 aliphatic rings. The Kier molecular flexibility index (Phi) is 5.25. The number of aromatic nitrogens is 2. The number of nitrogens with zero attached hydrogens (tertiary/aromatic N) is 3. The van der Waals surface area contributed by atoms with Crippen LogP contribution in [-0.2, 0) is 0 Å². The maximum Gasteiger partial charge on any atom is 0.151 e. The molecule has 1 atom stereocenters. The summed E-state index contributed by atoms with van der Waals surface area (Å²) in [6.45, 7) is 2.14. The molecule has 90 valence electrons. The molecule has 0 radical (unpaired) electrons. The molecule has 1 N–H and O–H groups in total. The fourth-order valence-corrected chi connectivity index (χ4v) is 1.95. The van der Waals surface area contributed by atoms with Crippen molar-refractivity contribution in [1.29, 1.82) is 0 Å². The van der Waals surface area contributed by atoms with E-state index >= 15 is 0 Å². The fraction of sp³-hybridized carbons (Fsp3) is 0.600. The van der Waals surface area contributed by atoms with Crippen LogP contribution in [0.15, 0.2) is 12.1 Å². The van der Waals surface area contributed by atoms with Crippen LogP contribution in [0.25, 0.3) is 0 Å². The normalized spacial score (nSPS) is 20.0. The van der Waals surface area contributed by atoms with Gasteiger partial charge in [-0.15, -0.1) is 22.6 Å². The minimum atomic E-state index is 0. The van der Waals surface area contributed by atoms with Gasteiger partial charge in [0.1, 0.15) is 0 Å². The lowest BCUT2D eigenvalue weighted by Gasteiger charge is -2.32. The van der Waals surface area contributed by atoms with Crippen molar-refractivity contribution in [3.8, 4) is 0 Å². The van der Waals surface area contributed by atoms with E-state index in [1.54, 1.807) is 6.07 Å². The summed E-state index contributed by atoms with van der Waals surface area (Å²) in [5.41, 5.74) is 0. The number of hydrogen-bond donors (Lipinski definition) is 1. The van der Waals surface area contributed by atoms with Gasteiger partial charge in [-0.1, -0.05) is 11.6 Å². The first kappa shape index (κ1) is 13.5. The first-order valence-electron chi connectivity index (χ1n) is 5.20. The molecule has 1 unspecified atom stereocenters. The molecular formula is C10H16Cl2N4. The van der Waals surface area contributed by atoms with Crippen LogP contribution in [0.1, 0.15) is 12.8 Å². The van der Waals surface area contributed by atoms with Crippen molar-refractivity contribution in [3.63, 3.8) is 0 Å². The van der Waals surface area contributed by atoms with E-state index in [0.717, 1.165) is 18.9 Å². The van der Waals surface area contributed by atoms with E-state index in [1.165, 1.54) is 12.8 Å². The minimum Gasteiger partial charge on any atom is -0.354 e. The summed E-state index contributed by atoms with van der Waals surface area (Å²) < 4.78 is 0. The fourth-order valence-electron chi connectivity index (χ4n) is 1.85. The molecule has 1 saturated heterocycles. The van der Waals surface area contributed by atoms with Crippen LogP contribution < -0.4 is 10.2 Å². The van der Waals surface area contributed by atoms with E-state index in [4.69, 9.17) is 11.6 Å². The molecule has 6 heteroatoms. The molecule has 1 fully saturated rings. The van der Waals surface area contributed by atoms with E-state index in [9.17, 15) is 0 Å². The van der Waals surface area contributed by atoms with Gasteiger partial charge < -0.3 is 10.2 Å². The van der Waals surface area contributed by atoms with E-state index in [2.05, 4.69) is 27.5 Å². The van der Waals surface area contributed by atoms with Crippen molar-refractivity contribution in [1.82, 2.24) is 15.5 Å². The molecule has 1 aliphatic heterocycles. The van der Waals surface area contributed by atoms with Crippen molar-refractivity contribution in [2.45, 2.75) is 18.9 Å². The molecule has 1 aromatic rings.